The van der Waals surface area contributed by atoms with Crippen LogP contribution in [0.5, 0.6) is 0 Å². The molecule has 4 rings (SSSR count). The van der Waals surface area contributed by atoms with Crippen LogP contribution in [0.3, 0.4) is 0 Å². The van der Waals surface area contributed by atoms with Crippen molar-refractivity contribution < 1.29 is 33.8 Å². The van der Waals surface area contributed by atoms with E-state index in [2.05, 4.69) is 20.6 Å². The molecule has 1 aliphatic heterocycles. The number of benzene rings is 1. The number of carbonyl (C=O) groups is 4. The number of nitrogens with one attached hydrogen (secondary N) is 3. The van der Waals surface area contributed by atoms with E-state index >= 15 is 0 Å². The molecule has 1 aromatic carbocycles. The Balaban J connectivity index is 1.54. The summed E-state index contributed by atoms with van der Waals surface area (Å²) in [6.45, 7) is 3.28. The summed E-state index contributed by atoms with van der Waals surface area (Å²) < 4.78 is 10.6. The van der Waals surface area contributed by atoms with Crippen LogP contribution in [-0.4, -0.2) is 113 Å². The van der Waals surface area contributed by atoms with Gasteiger partial charge in [-0.3, -0.25) is 14.4 Å². The molecular formula is C35H52N6O7. The number of ether oxygens (including phenoxy) is 2. The SMILES string of the molecule is CCN1C[C@@H]([C@H](O)[C@H](CC2CCCCC2)NC(=O)[C@H](Cc2cnc[nH]2)NC(=O)[C@@H](CC(=O)N(C)CCOC)Cc2ccccc2)OC1=O. The van der Waals surface area contributed by atoms with Gasteiger partial charge < -0.3 is 40.0 Å². The van der Waals surface area contributed by atoms with E-state index in [-0.39, 0.29) is 25.3 Å². The number of rotatable bonds is 18. The number of aromatic amines is 1. The van der Waals surface area contributed by atoms with Crippen molar-refractivity contribution in [1.82, 2.24) is 30.4 Å². The van der Waals surface area contributed by atoms with Crippen LogP contribution in [0.2, 0.25) is 0 Å². The smallest absolute Gasteiger partial charge is 0.410 e. The molecule has 0 bridgehead atoms. The lowest BCUT2D eigenvalue weighted by Crippen LogP contribution is -2.57. The molecule has 48 heavy (non-hydrogen) atoms. The number of hydrogen-bond acceptors (Lipinski definition) is 8. The van der Waals surface area contributed by atoms with Gasteiger partial charge in [0.2, 0.25) is 17.7 Å². The Morgan fingerprint density at radius 1 is 1.12 bits per heavy atom. The summed E-state index contributed by atoms with van der Waals surface area (Å²) in [7, 11) is 3.24. The molecule has 1 aliphatic carbocycles. The van der Waals surface area contributed by atoms with E-state index in [1.807, 2.05) is 37.3 Å². The Hall–Kier alpha value is -3.97. The maximum Gasteiger partial charge on any atom is 0.410 e. The number of aliphatic hydroxyl groups excluding tert-OH is 1. The third kappa shape index (κ3) is 10.8. The highest BCUT2D eigenvalue weighted by molar-refractivity contribution is 5.91. The van der Waals surface area contributed by atoms with Crippen LogP contribution in [0.4, 0.5) is 4.79 Å². The van der Waals surface area contributed by atoms with Crippen LogP contribution < -0.4 is 10.6 Å². The number of aromatic nitrogens is 2. The number of hydrogen-bond donors (Lipinski definition) is 4. The average Bonchev–Trinajstić information content (AvgIpc) is 3.75. The van der Waals surface area contributed by atoms with Crippen molar-refractivity contribution in [2.75, 3.05) is 40.4 Å². The molecule has 0 spiro atoms. The van der Waals surface area contributed by atoms with Gasteiger partial charge >= 0.3 is 6.09 Å². The summed E-state index contributed by atoms with van der Waals surface area (Å²) in [6, 6.07) is 7.72. The lowest BCUT2D eigenvalue weighted by molar-refractivity contribution is -0.137. The monoisotopic (exact) mass is 668 g/mol. The first kappa shape index (κ1) is 36.9. The molecule has 2 aromatic rings. The Morgan fingerprint density at radius 2 is 1.88 bits per heavy atom. The van der Waals surface area contributed by atoms with Crippen LogP contribution in [-0.2, 0) is 36.7 Å². The van der Waals surface area contributed by atoms with Gasteiger partial charge in [-0.05, 0) is 31.2 Å². The second-order valence-corrected chi connectivity index (χ2v) is 13.0. The van der Waals surface area contributed by atoms with Gasteiger partial charge in [0, 0.05) is 52.0 Å². The first-order valence-corrected chi connectivity index (χ1v) is 17.2. The molecular weight excluding hydrogens is 616 g/mol. The molecule has 2 fully saturated rings. The maximum atomic E-state index is 14.1. The predicted octanol–water partition coefficient (Wildman–Crippen LogP) is 2.45. The van der Waals surface area contributed by atoms with E-state index in [9.17, 15) is 24.3 Å². The molecule has 0 radical (unpaired) electrons. The number of amides is 4. The fourth-order valence-electron chi connectivity index (χ4n) is 6.57. The summed E-state index contributed by atoms with van der Waals surface area (Å²) in [5.74, 6) is -1.56. The molecule has 1 aromatic heterocycles. The van der Waals surface area contributed by atoms with Crippen LogP contribution in [0.15, 0.2) is 42.9 Å². The van der Waals surface area contributed by atoms with E-state index in [4.69, 9.17) is 9.47 Å². The second-order valence-electron chi connectivity index (χ2n) is 13.0. The van der Waals surface area contributed by atoms with E-state index in [1.165, 1.54) is 16.1 Å². The molecule has 2 heterocycles. The number of likely N-dealkylation sites (N-methyl/N-ethyl adjacent to an activating group) is 2. The first-order valence-electron chi connectivity index (χ1n) is 17.2. The molecule has 2 aliphatic rings. The Bertz CT molecular complexity index is 1300. The fraction of sp³-hybridized carbons (Fsp3) is 0.629. The summed E-state index contributed by atoms with van der Waals surface area (Å²) >= 11 is 0. The fourth-order valence-corrected chi connectivity index (χ4v) is 6.57. The lowest BCUT2D eigenvalue weighted by Gasteiger charge is -2.33. The minimum absolute atomic E-state index is 0.0522. The van der Waals surface area contributed by atoms with Crippen molar-refractivity contribution in [2.45, 2.75) is 89.0 Å². The van der Waals surface area contributed by atoms with Crippen LogP contribution in [0.25, 0.3) is 0 Å². The molecule has 1 saturated carbocycles. The van der Waals surface area contributed by atoms with E-state index in [0.717, 1.165) is 37.7 Å². The first-order chi connectivity index (χ1) is 23.2. The van der Waals surface area contributed by atoms with Crippen LogP contribution in [0, 0.1) is 11.8 Å². The quantitative estimate of drug-likeness (QED) is 0.188. The van der Waals surface area contributed by atoms with Gasteiger partial charge in [0.1, 0.15) is 18.2 Å². The average molecular weight is 669 g/mol. The number of nitrogens with zero attached hydrogens (tertiary/aromatic N) is 3. The van der Waals surface area contributed by atoms with Gasteiger partial charge in [-0.25, -0.2) is 9.78 Å². The lowest BCUT2D eigenvalue weighted by atomic mass is 9.83. The standard InChI is InChI=1S/C35H52N6O7/c1-4-41-22-30(48-35(41)46)32(43)28(18-25-13-9-6-10-14-25)38-34(45)29(20-27-21-36-23-37-27)39-33(44)26(17-24-11-7-5-8-12-24)19-31(42)40(2)15-16-47-3/h5,7-8,11-12,21,23,25-26,28-30,32,43H,4,6,9-10,13-20,22H2,1-3H3,(H,36,37)(H,38,45)(H,39,44)/t26-,28+,29+,30+,32-/m1/s1. The van der Waals surface area contributed by atoms with Gasteiger partial charge in [0.25, 0.3) is 0 Å². The molecule has 13 heteroatoms. The minimum Gasteiger partial charge on any atom is -0.441 e. The van der Waals surface area contributed by atoms with Gasteiger partial charge in [-0.1, -0.05) is 62.4 Å². The Labute approximate surface area is 283 Å². The van der Waals surface area contributed by atoms with Crippen molar-refractivity contribution in [1.29, 1.82) is 0 Å². The summed E-state index contributed by atoms with van der Waals surface area (Å²) in [4.78, 5) is 63.8. The highest BCUT2D eigenvalue weighted by Crippen LogP contribution is 2.29. The normalized spacial score (nSPS) is 19.2. The zero-order chi connectivity index (χ0) is 34.5. The highest BCUT2D eigenvalue weighted by atomic mass is 16.6. The summed E-state index contributed by atoms with van der Waals surface area (Å²) in [6.07, 6.45) is 6.90. The minimum atomic E-state index is -1.13. The number of cyclic esters (lactones) is 1. The third-order valence-electron chi connectivity index (χ3n) is 9.51. The van der Waals surface area contributed by atoms with Crippen molar-refractivity contribution in [3.05, 3.63) is 54.1 Å². The van der Waals surface area contributed by atoms with Crippen molar-refractivity contribution in [3.8, 4) is 0 Å². The van der Waals surface area contributed by atoms with E-state index in [0.29, 0.717) is 44.1 Å². The highest BCUT2D eigenvalue weighted by Gasteiger charge is 2.41. The van der Waals surface area contributed by atoms with E-state index < -0.39 is 48.1 Å². The predicted molar refractivity (Wildman–Crippen MR) is 179 cm³/mol. The van der Waals surface area contributed by atoms with Crippen LogP contribution in [0.1, 0.15) is 63.1 Å². The van der Waals surface area contributed by atoms with Gasteiger partial charge in [0.05, 0.1) is 31.4 Å². The second kappa shape index (κ2) is 18.5. The van der Waals surface area contributed by atoms with Crippen LogP contribution >= 0.6 is 0 Å². The zero-order valence-corrected chi connectivity index (χ0v) is 28.4. The van der Waals surface area contributed by atoms with E-state index in [1.54, 1.807) is 20.4 Å². The Morgan fingerprint density at radius 3 is 2.52 bits per heavy atom. The largest absolute Gasteiger partial charge is 0.441 e. The number of methoxy groups -OCH3 is 1. The van der Waals surface area contributed by atoms with Gasteiger partial charge in [0.15, 0.2) is 0 Å². The van der Waals surface area contributed by atoms with Gasteiger partial charge in [-0.2, -0.15) is 0 Å². The molecule has 5 atom stereocenters. The topological polar surface area (TPSA) is 166 Å². The number of imidazole rings is 1. The third-order valence-corrected chi connectivity index (χ3v) is 9.51. The molecule has 264 valence electrons. The zero-order valence-electron chi connectivity index (χ0n) is 28.4. The molecule has 1 saturated heterocycles. The molecule has 0 unspecified atom stereocenters. The summed E-state index contributed by atoms with van der Waals surface area (Å²) in [5, 5.41) is 17.5. The van der Waals surface area contributed by atoms with Crippen molar-refractivity contribution >= 4 is 23.8 Å². The van der Waals surface area contributed by atoms with Crippen molar-refractivity contribution in [2.24, 2.45) is 11.8 Å². The molecule has 4 amide bonds. The summed E-state index contributed by atoms with van der Waals surface area (Å²) in [5.41, 5.74) is 1.53. The van der Waals surface area contributed by atoms with Gasteiger partial charge in [-0.15, -0.1) is 0 Å². The number of aliphatic hydroxyl groups is 1. The number of H-pyrrole nitrogens is 1. The maximum absolute atomic E-state index is 14.1. The molecule has 13 nitrogen and oxygen atoms in total. The van der Waals surface area contributed by atoms with Crippen molar-refractivity contribution in [3.63, 3.8) is 0 Å². The number of carbonyl (C=O) groups excluding carboxylic acids is 4. The molecule has 4 N–H and O–H groups in total. The Kier molecular flexibility index (Phi) is 14.2.